The molecule has 0 aliphatic carbocycles. The van der Waals surface area contributed by atoms with Crippen LogP contribution in [0.25, 0.3) is 0 Å². The Labute approximate surface area is 166 Å². The van der Waals surface area contributed by atoms with Crippen LogP contribution in [0, 0.1) is 0 Å². The van der Waals surface area contributed by atoms with Crippen LogP contribution in [0.5, 0.6) is 0 Å². The summed E-state index contributed by atoms with van der Waals surface area (Å²) in [4.78, 5) is 0. The van der Waals surface area contributed by atoms with E-state index < -0.39 is 22.0 Å². The minimum atomic E-state index is -4.18. The Morgan fingerprint density at radius 1 is 0.826 bits per heavy atom. The summed E-state index contributed by atoms with van der Waals surface area (Å²) in [6.07, 6.45) is 15.5. The standard InChI is InChI=1S/C17H36O4S.Na/c1-3-4-5-6-7-8-9-10-11-12-13-14-15-17(21-2)16-22(18,19)20;/h17H,3-16H2,1-2H3,(H,18,19,20);/q;+1/p-1. The normalized spacial score (nSPS) is 12.8. The minimum Gasteiger partial charge on any atom is -0.748 e. The smallest absolute Gasteiger partial charge is 0.748 e. The molecule has 23 heavy (non-hydrogen) atoms. The van der Waals surface area contributed by atoms with Crippen molar-refractivity contribution >= 4 is 10.1 Å². The van der Waals surface area contributed by atoms with Crippen molar-refractivity contribution in [1.82, 2.24) is 0 Å². The van der Waals surface area contributed by atoms with Crippen molar-refractivity contribution < 1.29 is 47.3 Å². The van der Waals surface area contributed by atoms with Gasteiger partial charge in [0.25, 0.3) is 0 Å². The number of hydrogen-bond acceptors (Lipinski definition) is 4. The fourth-order valence-electron chi connectivity index (χ4n) is 2.71. The van der Waals surface area contributed by atoms with E-state index in [0.29, 0.717) is 6.42 Å². The number of unbranched alkanes of at least 4 members (excludes halogenated alkanes) is 11. The molecule has 0 heterocycles. The summed E-state index contributed by atoms with van der Waals surface area (Å²) in [6.45, 7) is 2.24. The summed E-state index contributed by atoms with van der Waals surface area (Å²) in [6, 6.07) is 0. The van der Waals surface area contributed by atoms with Crippen LogP contribution in [-0.2, 0) is 14.9 Å². The Morgan fingerprint density at radius 3 is 1.57 bits per heavy atom. The number of rotatable bonds is 16. The first-order valence-corrected chi connectivity index (χ1v) is 10.5. The van der Waals surface area contributed by atoms with Crippen LogP contribution in [0.4, 0.5) is 0 Å². The van der Waals surface area contributed by atoms with Gasteiger partial charge >= 0.3 is 29.6 Å². The van der Waals surface area contributed by atoms with Crippen molar-refractivity contribution in [1.29, 1.82) is 0 Å². The first-order valence-electron chi connectivity index (χ1n) is 8.96. The van der Waals surface area contributed by atoms with Gasteiger partial charge in [0.15, 0.2) is 0 Å². The van der Waals surface area contributed by atoms with E-state index in [4.69, 9.17) is 4.74 Å². The monoisotopic (exact) mass is 358 g/mol. The molecule has 6 heteroatoms. The van der Waals surface area contributed by atoms with Crippen LogP contribution in [0.2, 0.25) is 0 Å². The maximum atomic E-state index is 10.7. The minimum absolute atomic E-state index is 0. The van der Waals surface area contributed by atoms with Gasteiger partial charge in [-0.3, -0.25) is 0 Å². The summed E-state index contributed by atoms with van der Waals surface area (Å²) < 4.78 is 37.1. The summed E-state index contributed by atoms with van der Waals surface area (Å²) in [5.41, 5.74) is 0. The molecule has 0 saturated heterocycles. The molecule has 0 aliphatic rings. The van der Waals surface area contributed by atoms with E-state index in [2.05, 4.69) is 6.92 Å². The SMILES string of the molecule is CCCCCCCCCCCCCCC(CS(=O)(=O)[O-])OC.[Na+]. The van der Waals surface area contributed by atoms with Gasteiger partial charge < -0.3 is 9.29 Å². The van der Waals surface area contributed by atoms with E-state index in [9.17, 15) is 13.0 Å². The summed E-state index contributed by atoms with van der Waals surface area (Å²) in [5, 5.41) is 0. The number of ether oxygens (including phenoxy) is 1. The van der Waals surface area contributed by atoms with Crippen LogP contribution in [-0.4, -0.2) is 31.9 Å². The van der Waals surface area contributed by atoms with E-state index in [1.54, 1.807) is 0 Å². The molecule has 0 aromatic rings. The van der Waals surface area contributed by atoms with E-state index >= 15 is 0 Å². The van der Waals surface area contributed by atoms with Crippen molar-refractivity contribution in [3.63, 3.8) is 0 Å². The van der Waals surface area contributed by atoms with Crippen LogP contribution in [0.1, 0.15) is 90.4 Å². The first-order chi connectivity index (χ1) is 10.5. The molecule has 0 spiro atoms. The summed E-state index contributed by atoms with van der Waals surface area (Å²) >= 11 is 0. The zero-order valence-corrected chi connectivity index (χ0v) is 18.3. The van der Waals surface area contributed by atoms with E-state index in [0.717, 1.165) is 12.8 Å². The Kier molecular flexibility index (Phi) is 20.1. The zero-order valence-electron chi connectivity index (χ0n) is 15.5. The number of hydrogen-bond donors (Lipinski definition) is 0. The predicted octanol–water partition coefficient (Wildman–Crippen LogP) is 1.64. The van der Waals surface area contributed by atoms with E-state index in [1.807, 2.05) is 0 Å². The van der Waals surface area contributed by atoms with Crippen LogP contribution < -0.4 is 29.6 Å². The van der Waals surface area contributed by atoms with Crippen LogP contribution >= 0.6 is 0 Å². The fourth-order valence-corrected chi connectivity index (χ4v) is 3.47. The van der Waals surface area contributed by atoms with E-state index in [-0.39, 0.29) is 29.6 Å². The molecule has 0 saturated carbocycles. The molecule has 4 nitrogen and oxygen atoms in total. The third-order valence-corrected chi connectivity index (χ3v) is 4.88. The maximum absolute atomic E-state index is 10.7. The second kappa shape index (κ2) is 17.7. The molecule has 0 fully saturated rings. The van der Waals surface area contributed by atoms with Gasteiger partial charge in [0, 0.05) is 7.11 Å². The average Bonchev–Trinajstić information content (AvgIpc) is 2.46. The third kappa shape index (κ3) is 20.8. The van der Waals surface area contributed by atoms with Crippen LogP contribution in [0.15, 0.2) is 0 Å². The summed E-state index contributed by atoms with van der Waals surface area (Å²) in [5.74, 6) is -0.401. The zero-order chi connectivity index (χ0) is 16.7. The molecule has 0 rings (SSSR count). The topological polar surface area (TPSA) is 66.4 Å². The second-order valence-corrected chi connectivity index (χ2v) is 7.71. The van der Waals surface area contributed by atoms with E-state index in [1.165, 1.54) is 71.3 Å². The first kappa shape index (κ1) is 26.1. The summed E-state index contributed by atoms with van der Waals surface area (Å²) in [7, 11) is -2.71. The Balaban J connectivity index is 0. The molecule has 0 radical (unpaired) electrons. The van der Waals surface area contributed by atoms with Gasteiger partial charge in [-0.25, -0.2) is 8.42 Å². The third-order valence-electron chi connectivity index (χ3n) is 4.10. The van der Waals surface area contributed by atoms with Crippen molar-refractivity contribution in [2.24, 2.45) is 0 Å². The quantitative estimate of drug-likeness (QED) is 0.239. The Bertz CT molecular complexity index is 333. The molecule has 1 unspecified atom stereocenters. The molecule has 0 aromatic heterocycles. The predicted molar refractivity (Wildman–Crippen MR) is 91.1 cm³/mol. The molecule has 134 valence electrons. The maximum Gasteiger partial charge on any atom is 1.00 e. The Hall–Kier alpha value is 0.870. The van der Waals surface area contributed by atoms with Gasteiger partial charge in [-0.05, 0) is 6.42 Å². The average molecular weight is 359 g/mol. The molecule has 0 amide bonds. The molecule has 0 bridgehead atoms. The largest absolute Gasteiger partial charge is 1.00 e. The van der Waals surface area contributed by atoms with Gasteiger partial charge in [-0.1, -0.05) is 84.0 Å². The fraction of sp³-hybridized carbons (Fsp3) is 1.00. The molecule has 0 aromatic carbocycles. The van der Waals surface area contributed by atoms with Gasteiger partial charge in [-0.2, -0.15) is 0 Å². The van der Waals surface area contributed by atoms with Crippen LogP contribution in [0.3, 0.4) is 0 Å². The van der Waals surface area contributed by atoms with Crippen molar-refractivity contribution in [3.05, 3.63) is 0 Å². The molecule has 0 aliphatic heterocycles. The molecule has 1 atom stereocenters. The van der Waals surface area contributed by atoms with Crippen molar-refractivity contribution in [3.8, 4) is 0 Å². The van der Waals surface area contributed by atoms with Crippen molar-refractivity contribution in [2.75, 3.05) is 12.9 Å². The van der Waals surface area contributed by atoms with Gasteiger partial charge in [0.05, 0.1) is 22.0 Å². The molecular weight excluding hydrogens is 323 g/mol. The van der Waals surface area contributed by atoms with Gasteiger partial charge in [0.2, 0.25) is 0 Å². The second-order valence-electron chi connectivity index (χ2n) is 6.26. The van der Waals surface area contributed by atoms with Gasteiger partial charge in [0.1, 0.15) is 0 Å². The number of methoxy groups -OCH3 is 1. The van der Waals surface area contributed by atoms with Crippen molar-refractivity contribution in [2.45, 2.75) is 96.5 Å². The Morgan fingerprint density at radius 2 is 1.22 bits per heavy atom. The molecular formula is C17H35NaO4S. The van der Waals surface area contributed by atoms with Gasteiger partial charge in [-0.15, -0.1) is 0 Å². The molecule has 0 N–H and O–H groups in total.